The van der Waals surface area contributed by atoms with E-state index in [1.54, 1.807) is 22.4 Å². The molecule has 4 aromatic rings. The van der Waals surface area contributed by atoms with Crippen LogP contribution in [0.3, 0.4) is 0 Å². The second-order valence-corrected chi connectivity index (χ2v) is 9.27. The Hall–Kier alpha value is -2.91. The summed E-state index contributed by atoms with van der Waals surface area (Å²) < 4.78 is 7.82. The molecule has 0 aliphatic heterocycles. The van der Waals surface area contributed by atoms with E-state index in [2.05, 4.69) is 41.2 Å². The molecule has 0 aliphatic carbocycles. The van der Waals surface area contributed by atoms with Crippen molar-refractivity contribution in [1.29, 1.82) is 0 Å². The minimum absolute atomic E-state index is 0.0169. The smallest absolute Gasteiger partial charge is 0.257 e. The number of carbonyl (C=O) groups excluding carboxylic acids is 1. The van der Waals surface area contributed by atoms with Crippen LogP contribution in [-0.4, -0.2) is 42.9 Å². The van der Waals surface area contributed by atoms with E-state index in [1.165, 1.54) is 22.9 Å². The number of rotatable bonds is 9. The summed E-state index contributed by atoms with van der Waals surface area (Å²) in [5.74, 6) is 1.23. The maximum absolute atomic E-state index is 13.0. The number of thiophene rings is 1. The van der Waals surface area contributed by atoms with Crippen molar-refractivity contribution in [3.05, 3.63) is 65.1 Å². The zero-order chi connectivity index (χ0) is 22.5. The third-order valence-electron chi connectivity index (χ3n) is 5.14. The number of aromatic nitrogens is 4. The summed E-state index contributed by atoms with van der Waals surface area (Å²) in [6.45, 7) is 7.17. The summed E-state index contributed by atoms with van der Waals surface area (Å²) in [7, 11) is 0. The van der Waals surface area contributed by atoms with Crippen LogP contribution in [-0.2, 0) is 11.3 Å². The van der Waals surface area contributed by atoms with Gasteiger partial charge in [-0.2, -0.15) is 0 Å². The van der Waals surface area contributed by atoms with Crippen molar-refractivity contribution in [3.8, 4) is 16.5 Å². The summed E-state index contributed by atoms with van der Waals surface area (Å²) in [6, 6.07) is 10.1. The van der Waals surface area contributed by atoms with Crippen molar-refractivity contribution in [2.24, 2.45) is 0 Å². The van der Waals surface area contributed by atoms with E-state index < -0.39 is 0 Å². The predicted molar refractivity (Wildman–Crippen MR) is 127 cm³/mol. The zero-order valence-corrected chi connectivity index (χ0v) is 19.9. The number of hydrogen-bond donors (Lipinski definition) is 0. The van der Waals surface area contributed by atoms with Crippen LogP contribution in [0.25, 0.3) is 16.5 Å². The molecule has 0 unspecified atom stereocenters. The topological polar surface area (TPSA) is 77.1 Å². The van der Waals surface area contributed by atoms with Crippen molar-refractivity contribution in [1.82, 2.24) is 24.6 Å². The van der Waals surface area contributed by atoms with Gasteiger partial charge in [-0.1, -0.05) is 36.9 Å². The molecule has 32 heavy (non-hydrogen) atoms. The third kappa shape index (κ3) is 4.94. The number of benzene rings is 1. The number of aryl methyl sites for hydroxylation is 1. The van der Waals surface area contributed by atoms with Crippen LogP contribution < -0.4 is 0 Å². The lowest BCUT2D eigenvalue weighted by molar-refractivity contribution is -0.129. The molecule has 0 aliphatic rings. The normalized spacial score (nSPS) is 11.1. The van der Waals surface area contributed by atoms with Crippen molar-refractivity contribution in [2.45, 2.75) is 38.9 Å². The van der Waals surface area contributed by atoms with E-state index in [4.69, 9.17) is 4.42 Å². The molecule has 0 saturated heterocycles. The second-order valence-electron chi connectivity index (χ2n) is 7.38. The van der Waals surface area contributed by atoms with Crippen LogP contribution >= 0.6 is 23.1 Å². The Bertz CT molecular complexity index is 1180. The highest BCUT2D eigenvalue weighted by atomic mass is 32.2. The first-order valence-corrected chi connectivity index (χ1v) is 12.3. The fourth-order valence-electron chi connectivity index (χ4n) is 3.34. The van der Waals surface area contributed by atoms with E-state index in [-0.39, 0.29) is 11.7 Å². The van der Waals surface area contributed by atoms with Crippen LogP contribution in [0.1, 0.15) is 30.4 Å². The lowest BCUT2D eigenvalue weighted by atomic mass is 10.1. The average Bonchev–Trinajstić information content (AvgIpc) is 3.55. The molecule has 0 saturated carbocycles. The van der Waals surface area contributed by atoms with Gasteiger partial charge in [-0.05, 0) is 48.9 Å². The maximum atomic E-state index is 13.0. The molecule has 0 fully saturated rings. The van der Waals surface area contributed by atoms with Gasteiger partial charge in [-0.3, -0.25) is 9.36 Å². The predicted octanol–water partition coefficient (Wildman–Crippen LogP) is 5.13. The summed E-state index contributed by atoms with van der Waals surface area (Å²) in [5.41, 5.74) is 3.50. The molecule has 0 spiro atoms. The molecule has 1 aromatic carbocycles. The van der Waals surface area contributed by atoms with Gasteiger partial charge in [0.2, 0.25) is 11.8 Å². The molecule has 3 aromatic heterocycles. The molecule has 0 bridgehead atoms. The molecular weight excluding hydrogens is 442 g/mol. The first-order chi connectivity index (χ1) is 15.6. The van der Waals surface area contributed by atoms with Crippen LogP contribution in [0.4, 0.5) is 0 Å². The van der Waals surface area contributed by atoms with Gasteiger partial charge >= 0.3 is 0 Å². The number of carbonyl (C=O) groups is 1. The minimum Gasteiger partial charge on any atom is -0.418 e. The van der Waals surface area contributed by atoms with E-state index in [0.29, 0.717) is 24.9 Å². The lowest BCUT2D eigenvalue weighted by Crippen LogP contribution is -2.32. The number of nitrogens with zero attached hydrogens (tertiary/aromatic N) is 5. The van der Waals surface area contributed by atoms with Crippen LogP contribution in [0.5, 0.6) is 0 Å². The molecule has 0 N–H and O–H groups in total. The Morgan fingerprint density at radius 1 is 1.22 bits per heavy atom. The van der Waals surface area contributed by atoms with Crippen molar-refractivity contribution < 1.29 is 9.21 Å². The first kappa shape index (κ1) is 22.3. The lowest BCUT2D eigenvalue weighted by Gasteiger charge is -2.20. The number of hydrogen-bond acceptors (Lipinski definition) is 7. The van der Waals surface area contributed by atoms with Crippen LogP contribution in [0, 0.1) is 13.8 Å². The molecule has 0 radical (unpaired) electrons. The third-order valence-corrected chi connectivity index (χ3v) is 6.95. The van der Waals surface area contributed by atoms with Crippen LogP contribution in [0.2, 0.25) is 0 Å². The Labute approximate surface area is 195 Å². The van der Waals surface area contributed by atoms with E-state index >= 15 is 0 Å². The Kier molecular flexibility index (Phi) is 7.06. The number of thioether (sulfide) groups is 1. The van der Waals surface area contributed by atoms with Crippen molar-refractivity contribution in [2.75, 3.05) is 12.3 Å². The van der Waals surface area contributed by atoms with Crippen LogP contribution in [0.15, 0.2) is 57.7 Å². The standard InChI is InChI=1S/C23H25N5O2S2/c1-4-11-27(14-20-25-26-22(30-20)19-9-6-13-31-19)21(29)15-32-23-24-10-12-28(23)18-8-5-7-16(2)17(18)3/h5-10,12-13H,4,11,14-15H2,1-3H3. The second kappa shape index (κ2) is 10.1. The fraction of sp³-hybridized carbons (Fsp3) is 0.304. The fourth-order valence-corrected chi connectivity index (χ4v) is 4.85. The molecular formula is C23H25N5O2S2. The first-order valence-electron chi connectivity index (χ1n) is 10.4. The van der Waals surface area contributed by atoms with E-state index in [0.717, 1.165) is 22.1 Å². The van der Waals surface area contributed by atoms with Gasteiger partial charge in [0.1, 0.15) is 0 Å². The van der Waals surface area contributed by atoms with Gasteiger partial charge in [0, 0.05) is 18.9 Å². The SMILES string of the molecule is CCCN(Cc1nnc(-c2cccs2)o1)C(=O)CSc1nccn1-c1cccc(C)c1C. The van der Waals surface area contributed by atoms with Gasteiger partial charge in [-0.15, -0.1) is 21.5 Å². The molecule has 0 atom stereocenters. The Morgan fingerprint density at radius 2 is 2.09 bits per heavy atom. The Balaban J connectivity index is 1.43. The molecule has 3 heterocycles. The zero-order valence-electron chi connectivity index (χ0n) is 18.3. The Morgan fingerprint density at radius 3 is 2.88 bits per heavy atom. The highest BCUT2D eigenvalue weighted by molar-refractivity contribution is 7.99. The minimum atomic E-state index is 0.0169. The highest BCUT2D eigenvalue weighted by Crippen LogP contribution is 2.26. The highest BCUT2D eigenvalue weighted by Gasteiger charge is 2.19. The number of imidazole rings is 1. The average molecular weight is 468 g/mol. The quantitative estimate of drug-likeness (QED) is 0.318. The van der Waals surface area contributed by atoms with E-state index in [1.807, 2.05) is 41.3 Å². The van der Waals surface area contributed by atoms with Crippen molar-refractivity contribution in [3.63, 3.8) is 0 Å². The molecule has 7 nitrogen and oxygen atoms in total. The molecule has 166 valence electrons. The summed E-state index contributed by atoms with van der Waals surface area (Å²) >= 11 is 2.98. The largest absolute Gasteiger partial charge is 0.418 e. The maximum Gasteiger partial charge on any atom is 0.257 e. The van der Waals surface area contributed by atoms with Gasteiger partial charge in [0.15, 0.2) is 5.16 Å². The van der Waals surface area contributed by atoms with E-state index in [9.17, 15) is 4.79 Å². The van der Waals surface area contributed by atoms with Gasteiger partial charge < -0.3 is 9.32 Å². The molecule has 1 amide bonds. The molecule has 4 rings (SSSR count). The molecule has 9 heteroatoms. The van der Waals surface area contributed by atoms with Crippen molar-refractivity contribution >= 4 is 29.0 Å². The summed E-state index contributed by atoms with van der Waals surface area (Å²) in [4.78, 5) is 20.2. The van der Waals surface area contributed by atoms with Gasteiger partial charge in [0.05, 0.1) is 22.9 Å². The van der Waals surface area contributed by atoms with Gasteiger partial charge in [-0.25, -0.2) is 4.98 Å². The monoisotopic (exact) mass is 467 g/mol. The summed E-state index contributed by atoms with van der Waals surface area (Å²) in [5, 5.41) is 11.0. The summed E-state index contributed by atoms with van der Waals surface area (Å²) in [6.07, 6.45) is 4.55. The van der Waals surface area contributed by atoms with Gasteiger partial charge in [0.25, 0.3) is 5.89 Å². The number of amides is 1.